The molecule has 6 heteroatoms. The molecule has 4 aromatic heterocycles. The molecule has 4 heterocycles. The van der Waals surface area contributed by atoms with E-state index in [1.54, 1.807) is 0 Å². The summed E-state index contributed by atoms with van der Waals surface area (Å²) >= 11 is 0. The lowest BCUT2D eigenvalue weighted by Gasteiger charge is -2.17. The average molecular weight is 869 g/mol. The molecule has 0 unspecified atom stereocenters. The molecule has 68 heavy (non-hydrogen) atoms. The molecule has 0 N–H and O–H groups in total. The van der Waals surface area contributed by atoms with Gasteiger partial charge in [-0.3, -0.25) is 0 Å². The van der Waals surface area contributed by atoms with Crippen molar-refractivity contribution in [3.8, 4) is 79.2 Å². The average Bonchev–Trinajstić information content (AvgIpc) is 3.94. The van der Waals surface area contributed by atoms with Crippen LogP contribution in [0.25, 0.3) is 123 Å². The van der Waals surface area contributed by atoms with Crippen molar-refractivity contribution < 1.29 is 0 Å². The van der Waals surface area contributed by atoms with Gasteiger partial charge in [0.05, 0.1) is 50.5 Å². The Kier molecular flexibility index (Phi) is 9.39. The number of aromatic nitrogens is 6. The number of rotatable bonds is 8. The molecular weight excluding hydrogens is 829 g/mol. The number of nitrogens with zero attached hydrogens (tertiary/aromatic N) is 6. The van der Waals surface area contributed by atoms with Crippen LogP contribution in [0.4, 0.5) is 0 Å². The molecule has 318 valence electrons. The van der Waals surface area contributed by atoms with Crippen molar-refractivity contribution in [3.63, 3.8) is 0 Å². The minimum Gasteiger partial charge on any atom is -0.309 e. The second kappa shape index (κ2) is 16.3. The molecule has 0 aliphatic rings. The normalized spacial score (nSPS) is 11.5. The van der Waals surface area contributed by atoms with E-state index in [1.165, 1.54) is 21.5 Å². The van der Waals surface area contributed by atoms with E-state index in [9.17, 15) is 0 Å². The third kappa shape index (κ3) is 6.66. The van der Waals surface area contributed by atoms with Gasteiger partial charge in [-0.05, 0) is 60.7 Å². The summed E-state index contributed by atoms with van der Waals surface area (Å²) in [6.07, 6.45) is 0. The predicted molar refractivity (Wildman–Crippen MR) is 279 cm³/mol. The molecule has 0 amide bonds. The van der Waals surface area contributed by atoms with Crippen molar-refractivity contribution in [1.29, 1.82) is 0 Å². The Hall–Kier alpha value is -9.26. The molecule has 0 fully saturated rings. The number of fused-ring (bicyclic) bond motifs is 7. The monoisotopic (exact) mass is 868 g/mol. The maximum absolute atomic E-state index is 5.46. The minimum atomic E-state index is 0.607. The van der Waals surface area contributed by atoms with Gasteiger partial charge in [0.15, 0.2) is 11.6 Å². The Morgan fingerprint density at radius 3 is 1.18 bits per heavy atom. The first-order valence-corrected chi connectivity index (χ1v) is 22.9. The standard InChI is InChI=1S/C62H40N6/c1-6-20-41(21-7-1)50-40-53(64-61(63-50)44-26-12-4-13-27-44)45-34-35-56(49(38-45)62-65-51(42-22-8-2-9-23-42)39-52(66-62)43-24-10-3-11-25-43)68-55-33-19-17-31-48(55)60-58(68)37-36-57-59(60)47-30-16-18-32-54(47)67(57)46-28-14-5-15-29-46/h1-40H. The van der Waals surface area contributed by atoms with E-state index < -0.39 is 0 Å². The second-order valence-electron chi connectivity index (χ2n) is 17.0. The van der Waals surface area contributed by atoms with Crippen LogP contribution >= 0.6 is 0 Å². The summed E-state index contributed by atoms with van der Waals surface area (Å²) in [5.41, 5.74) is 15.7. The van der Waals surface area contributed by atoms with Crippen LogP contribution in [-0.4, -0.2) is 29.1 Å². The van der Waals surface area contributed by atoms with E-state index >= 15 is 0 Å². The van der Waals surface area contributed by atoms with Crippen LogP contribution in [-0.2, 0) is 0 Å². The van der Waals surface area contributed by atoms with Crippen molar-refractivity contribution in [3.05, 3.63) is 243 Å². The van der Waals surface area contributed by atoms with E-state index in [0.717, 1.165) is 89.6 Å². The fourth-order valence-corrected chi connectivity index (χ4v) is 9.85. The van der Waals surface area contributed by atoms with E-state index in [2.05, 4.69) is 203 Å². The maximum Gasteiger partial charge on any atom is 0.162 e. The Labute approximate surface area is 392 Å². The fraction of sp³-hybridized carbons (Fsp3) is 0. The zero-order valence-electron chi connectivity index (χ0n) is 36.8. The van der Waals surface area contributed by atoms with Crippen molar-refractivity contribution >= 4 is 43.6 Å². The minimum absolute atomic E-state index is 0.607. The lowest BCUT2D eigenvalue weighted by molar-refractivity contribution is 1.13. The molecular formula is C62H40N6. The first kappa shape index (κ1) is 39.1. The number of para-hydroxylation sites is 3. The lowest BCUT2D eigenvalue weighted by Crippen LogP contribution is -2.03. The summed E-state index contributed by atoms with van der Waals surface area (Å²) in [6.45, 7) is 0. The van der Waals surface area contributed by atoms with Crippen molar-refractivity contribution in [2.24, 2.45) is 0 Å². The predicted octanol–water partition coefficient (Wildman–Crippen LogP) is 15.5. The number of hydrogen-bond donors (Lipinski definition) is 0. The fourth-order valence-electron chi connectivity index (χ4n) is 9.85. The smallest absolute Gasteiger partial charge is 0.162 e. The van der Waals surface area contributed by atoms with Gasteiger partial charge in [-0.25, -0.2) is 19.9 Å². The quantitative estimate of drug-likeness (QED) is 0.153. The van der Waals surface area contributed by atoms with Gasteiger partial charge in [-0.15, -0.1) is 0 Å². The van der Waals surface area contributed by atoms with E-state index in [1.807, 2.05) is 48.5 Å². The third-order valence-corrected chi connectivity index (χ3v) is 13.0. The molecule has 6 nitrogen and oxygen atoms in total. The van der Waals surface area contributed by atoms with Crippen LogP contribution in [0.5, 0.6) is 0 Å². The largest absolute Gasteiger partial charge is 0.309 e. The molecule has 0 aliphatic heterocycles. The van der Waals surface area contributed by atoms with Gasteiger partial charge in [0.1, 0.15) is 0 Å². The van der Waals surface area contributed by atoms with E-state index in [0.29, 0.717) is 11.6 Å². The Bertz CT molecular complexity index is 3880. The topological polar surface area (TPSA) is 61.4 Å². The Balaban J connectivity index is 1.12. The highest BCUT2D eigenvalue weighted by atomic mass is 15.0. The summed E-state index contributed by atoms with van der Waals surface area (Å²) in [5, 5.41) is 4.78. The zero-order chi connectivity index (χ0) is 45.0. The van der Waals surface area contributed by atoms with Crippen molar-refractivity contribution in [2.45, 2.75) is 0 Å². The van der Waals surface area contributed by atoms with Crippen LogP contribution < -0.4 is 0 Å². The molecule has 0 saturated carbocycles. The van der Waals surface area contributed by atoms with Crippen LogP contribution in [0.3, 0.4) is 0 Å². The molecule has 0 bridgehead atoms. The summed E-state index contributed by atoms with van der Waals surface area (Å²) in [7, 11) is 0. The summed E-state index contributed by atoms with van der Waals surface area (Å²) in [6, 6.07) is 84.8. The molecule has 9 aromatic carbocycles. The highest BCUT2D eigenvalue weighted by Crippen LogP contribution is 2.44. The molecule has 13 aromatic rings. The van der Waals surface area contributed by atoms with Gasteiger partial charge in [0.25, 0.3) is 0 Å². The van der Waals surface area contributed by atoms with E-state index in [-0.39, 0.29) is 0 Å². The Morgan fingerprint density at radius 2 is 0.662 bits per heavy atom. The third-order valence-electron chi connectivity index (χ3n) is 13.0. The number of benzene rings is 9. The van der Waals surface area contributed by atoms with Crippen LogP contribution in [0.1, 0.15) is 0 Å². The number of hydrogen-bond acceptors (Lipinski definition) is 4. The lowest BCUT2D eigenvalue weighted by atomic mass is 10.0. The van der Waals surface area contributed by atoms with Gasteiger partial charge >= 0.3 is 0 Å². The van der Waals surface area contributed by atoms with Gasteiger partial charge < -0.3 is 9.13 Å². The zero-order valence-corrected chi connectivity index (χ0v) is 36.8. The van der Waals surface area contributed by atoms with Gasteiger partial charge in [-0.1, -0.05) is 182 Å². The SMILES string of the molecule is c1ccc(-c2cc(-c3ccc(-n4c5ccccc5c5c6c7ccccc7n(-c7ccccc7)c6ccc54)c(-c4nc(-c5ccccc5)cc(-c5ccccc5)n4)c3)nc(-c3ccccc3)n2)cc1. The summed E-state index contributed by atoms with van der Waals surface area (Å²) in [5.74, 6) is 1.26. The van der Waals surface area contributed by atoms with Gasteiger partial charge in [0.2, 0.25) is 0 Å². The summed E-state index contributed by atoms with van der Waals surface area (Å²) < 4.78 is 4.79. The second-order valence-corrected chi connectivity index (χ2v) is 17.0. The van der Waals surface area contributed by atoms with Gasteiger partial charge in [-0.2, -0.15) is 0 Å². The molecule has 0 saturated heterocycles. The Morgan fingerprint density at radius 1 is 0.265 bits per heavy atom. The van der Waals surface area contributed by atoms with Crippen LogP contribution in [0.15, 0.2) is 243 Å². The molecule has 0 atom stereocenters. The molecule has 13 rings (SSSR count). The molecule has 0 radical (unpaired) electrons. The van der Waals surface area contributed by atoms with Crippen molar-refractivity contribution in [2.75, 3.05) is 0 Å². The first-order valence-electron chi connectivity index (χ1n) is 22.9. The summed E-state index contributed by atoms with van der Waals surface area (Å²) in [4.78, 5) is 21.3. The van der Waals surface area contributed by atoms with Gasteiger partial charge in [0, 0.05) is 60.6 Å². The van der Waals surface area contributed by atoms with Crippen LogP contribution in [0.2, 0.25) is 0 Å². The highest BCUT2D eigenvalue weighted by molar-refractivity contribution is 6.29. The highest BCUT2D eigenvalue weighted by Gasteiger charge is 2.24. The molecule has 0 aliphatic carbocycles. The van der Waals surface area contributed by atoms with Crippen molar-refractivity contribution in [1.82, 2.24) is 29.1 Å². The maximum atomic E-state index is 5.46. The van der Waals surface area contributed by atoms with E-state index in [4.69, 9.17) is 19.9 Å². The van der Waals surface area contributed by atoms with Crippen LogP contribution in [0, 0.1) is 0 Å². The molecule has 0 spiro atoms. The first-order chi connectivity index (χ1) is 33.7.